The third-order valence-corrected chi connectivity index (χ3v) is 4.23. The number of carbonyl (C=O) groups excluding carboxylic acids is 2. The standard InChI is InChI=1S/C14H17BrN2O2/c1-3-12-14(19)17(9(2)13(18)16-12)8-10-6-4-5-7-11(10)15/h4-7,9,12H,3,8H2,1-2H3,(H,16,18). The van der Waals surface area contributed by atoms with E-state index in [1.165, 1.54) is 0 Å². The van der Waals surface area contributed by atoms with Gasteiger partial charge >= 0.3 is 0 Å². The molecule has 19 heavy (non-hydrogen) atoms. The Morgan fingerprint density at radius 3 is 2.63 bits per heavy atom. The number of halogens is 1. The van der Waals surface area contributed by atoms with Gasteiger partial charge < -0.3 is 10.2 Å². The zero-order valence-electron chi connectivity index (χ0n) is 11.0. The van der Waals surface area contributed by atoms with Crippen LogP contribution in [0.1, 0.15) is 25.8 Å². The number of hydrogen-bond acceptors (Lipinski definition) is 2. The zero-order valence-corrected chi connectivity index (χ0v) is 12.6. The van der Waals surface area contributed by atoms with Crippen molar-refractivity contribution in [3.63, 3.8) is 0 Å². The number of benzene rings is 1. The highest BCUT2D eigenvalue weighted by Gasteiger charge is 2.37. The molecule has 2 atom stereocenters. The van der Waals surface area contributed by atoms with Crippen molar-refractivity contribution in [1.29, 1.82) is 0 Å². The third-order valence-electron chi connectivity index (χ3n) is 3.45. The molecule has 5 heteroatoms. The minimum atomic E-state index is -0.428. The first-order chi connectivity index (χ1) is 9.04. The molecule has 2 rings (SSSR count). The van der Waals surface area contributed by atoms with Gasteiger partial charge in [0.15, 0.2) is 0 Å². The average molecular weight is 325 g/mol. The smallest absolute Gasteiger partial charge is 0.246 e. The van der Waals surface area contributed by atoms with Crippen molar-refractivity contribution in [1.82, 2.24) is 10.2 Å². The maximum absolute atomic E-state index is 12.3. The lowest BCUT2D eigenvalue weighted by molar-refractivity contribution is -0.149. The van der Waals surface area contributed by atoms with Gasteiger partial charge in [-0.3, -0.25) is 9.59 Å². The van der Waals surface area contributed by atoms with Crippen LogP contribution in [-0.4, -0.2) is 28.8 Å². The number of piperazine rings is 1. The zero-order chi connectivity index (χ0) is 14.0. The molecule has 1 aromatic rings. The van der Waals surface area contributed by atoms with Crippen LogP contribution < -0.4 is 5.32 Å². The van der Waals surface area contributed by atoms with Crippen LogP contribution in [-0.2, 0) is 16.1 Å². The summed E-state index contributed by atoms with van der Waals surface area (Å²) >= 11 is 3.47. The Morgan fingerprint density at radius 2 is 2.00 bits per heavy atom. The molecule has 0 aliphatic carbocycles. The van der Waals surface area contributed by atoms with E-state index in [1.54, 1.807) is 11.8 Å². The lowest BCUT2D eigenvalue weighted by Crippen LogP contribution is -2.61. The molecule has 0 aromatic heterocycles. The lowest BCUT2D eigenvalue weighted by atomic mass is 10.1. The van der Waals surface area contributed by atoms with Gasteiger partial charge in [0.25, 0.3) is 0 Å². The van der Waals surface area contributed by atoms with Crippen LogP contribution >= 0.6 is 15.9 Å². The summed E-state index contributed by atoms with van der Waals surface area (Å²) in [7, 11) is 0. The molecular weight excluding hydrogens is 308 g/mol. The minimum absolute atomic E-state index is 0.00893. The molecule has 1 heterocycles. The van der Waals surface area contributed by atoms with Crippen molar-refractivity contribution in [2.45, 2.75) is 38.9 Å². The summed E-state index contributed by atoms with van der Waals surface area (Å²) in [5, 5.41) is 2.75. The van der Waals surface area contributed by atoms with Crippen molar-refractivity contribution < 1.29 is 9.59 Å². The van der Waals surface area contributed by atoms with E-state index in [4.69, 9.17) is 0 Å². The fourth-order valence-electron chi connectivity index (χ4n) is 2.19. The van der Waals surface area contributed by atoms with Gasteiger partial charge in [-0.15, -0.1) is 0 Å². The van der Waals surface area contributed by atoms with Gasteiger partial charge in [-0.25, -0.2) is 0 Å². The van der Waals surface area contributed by atoms with Crippen LogP contribution in [0.2, 0.25) is 0 Å². The Hall–Kier alpha value is -1.36. The molecule has 1 fully saturated rings. The van der Waals surface area contributed by atoms with Crippen LogP contribution in [0.15, 0.2) is 28.7 Å². The van der Waals surface area contributed by atoms with Crippen LogP contribution in [0.3, 0.4) is 0 Å². The summed E-state index contributed by atoms with van der Waals surface area (Å²) in [6.07, 6.45) is 0.615. The van der Waals surface area contributed by atoms with Gasteiger partial charge in [-0.1, -0.05) is 41.1 Å². The Morgan fingerprint density at radius 1 is 1.32 bits per heavy atom. The van der Waals surface area contributed by atoms with Crippen molar-refractivity contribution in [2.24, 2.45) is 0 Å². The topological polar surface area (TPSA) is 49.4 Å². The minimum Gasteiger partial charge on any atom is -0.343 e. The van der Waals surface area contributed by atoms with E-state index < -0.39 is 12.1 Å². The molecule has 1 aromatic carbocycles. The normalized spacial score (nSPS) is 23.4. The first kappa shape index (κ1) is 14.1. The highest BCUT2D eigenvalue weighted by molar-refractivity contribution is 9.10. The van der Waals surface area contributed by atoms with Gasteiger partial charge in [-0.2, -0.15) is 0 Å². The van der Waals surface area contributed by atoms with E-state index in [1.807, 2.05) is 31.2 Å². The van der Waals surface area contributed by atoms with Crippen LogP contribution in [0.25, 0.3) is 0 Å². The molecule has 1 aliphatic rings. The summed E-state index contributed by atoms with van der Waals surface area (Å²) in [5.41, 5.74) is 1.01. The molecule has 1 saturated heterocycles. The molecule has 0 radical (unpaired) electrons. The predicted octanol–water partition coefficient (Wildman–Crippen LogP) is 2.07. The maximum atomic E-state index is 12.3. The van der Waals surface area contributed by atoms with E-state index in [9.17, 15) is 9.59 Å². The SMILES string of the molecule is CCC1NC(=O)C(C)N(Cc2ccccc2Br)C1=O. The van der Waals surface area contributed by atoms with Gasteiger partial charge in [0, 0.05) is 11.0 Å². The second kappa shape index (κ2) is 5.74. The number of rotatable bonds is 3. The van der Waals surface area contributed by atoms with E-state index >= 15 is 0 Å². The summed E-state index contributed by atoms with van der Waals surface area (Å²) in [6.45, 7) is 4.11. The van der Waals surface area contributed by atoms with Gasteiger partial charge in [0.2, 0.25) is 11.8 Å². The summed E-state index contributed by atoms with van der Waals surface area (Å²) in [5.74, 6) is -0.0937. The molecule has 4 nitrogen and oxygen atoms in total. The molecule has 1 aliphatic heterocycles. The van der Waals surface area contributed by atoms with Crippen molar-refractivity contribution in [3.05, 3.63) is 34.3 Å². The monoisotopic (exact) mass is 324 g/mol. The van der Waals surface area contributed by atoms with Gasteiger partial charge in [0.1, 0.15) is 12.1 Å². The summed E-state index contributed by atoms with van der Waals surface area (Å²) in [6, 6.07) is 6.92. The van der Waals surface area contributed by atoms with Crippen LogP contribution in [0, 0.1) is 0 Å². The molecule has 0 saturated carbocycles. The number of nitrogens with one attached hydrogen (secondary N) is 1. The second-order valence-electron chi connectivity index (χ2n) is 4.70. The molecule has 1 N–H and O–H groups in total. The van der Waals surface area contributed by atoms with Crippen molar-refractivity contribution >= 4 is 27.7 Å². The highest BCUT2D eigenvalue weighted by atomic mass is 79.9. The average Bonchev–Trinajstić information content (AvgIpc) is 2.41. The Labute approximate surface area is 121 Å². The Kier molecular flexibility index (Phi) is 4.24. The maximum Gasteiger partial charge on any atom is 0.246 e. The van der Waals surface area contributed by atoms with Crippen molar-refractivity contribution in [3.8, 4) is 0 Å². The molecule has 102 valence electrons. The van der Waals surface area contributed by atoms with E-state index in [0.717, 1.165) is 10.0 Å². The number of amides is 2. The number of hydrogen-bond donors (Lipinski definition) is 1. The number of carbonyl (C=O) groups is 2. The summed E-state index contributed by atoms with van der Waals surface area (Å²) in [4.78, 5) is 25.8. The first-order valence-electron chi connectivity index (χ1n) is 6.38. The molecule has 2 unspecified atom stereocenters. The largest absolute Gasteiger partial charge is 0.343 e. The van der Waals surface area contributed by atoms with Gasteiger partial charge in [0.05, 0.1) is 0 Å². The molecular formula is C14H17BrN2O2. The van der Waals surface area contributed by atoms with E-state index in [-0.39, 0.29) is 11.8 Å². The molecule has 0 bridgehead atoms. The fourth-order valence-corrected chi connectivity index (χ4v) is 2.60. The van der Waals surface area contributed by atoms with Gasteiger partial charge in [-0.05, 0) is 25.0 Å². The van der Waals surface area contributed by atoms with Crippen LogP contribution in [0.5, 0.6) is 0 Å². The summed E-state index contributed by atoms with van der Waals surface area (Å²) < 4.78 is 0.953. The molecule has 2 amide bonds. The van der Waals surface area contributed by atoms with E-state index in [0.29, 0.717) is 13.0 Å². The fraction of sp³-hybridized carbons (Fsp3) is 0.429. The van der Waals surface area contributed by atoms with Crippen molar-refractivity contribution in [2.75, 3.05) is 0 Å². The third kappa shape index (κ3) is 2.81. The second-order valence-corrected chi connectivity index (χ2v) is 5.56. The van der Waals surface area contributed by atoms with E-state index in [2.05, 4.69) is 21.2 Å². The first-order valence-corrected chi connectivity index (χ1v) is 7.18. The molecule has 0 spiro atoms. The Bertz CT molecular complexity index is 504. The lowest BCUT2D eigenvalue weighted by Gasteiger charge is -2.37. The number of nitrogens with zero attached hydrogens (tertiary/aromatic N) is 1. The predicted molar refractivity (Wildman–Crippen MR) is 76.4 cm³/mol. The quantitative estimate of drug-likeness (QED) is 0.925. The van der Waals surface area contributed by atoms with Crippen LogP contribution in [0.4, 0.5) is 0 Å². The Balaban J connectivity index is 2.24. The highest BCUT2D eigenvalue weighted by Crippen LogP contribution is 2.21.